The van der Waals surface area contributed by atoms with Gasteiger partial charge in [-0.2, -0.15) is 0 Å². The summed E-state index contributed by atoms with van der Waals surface area (Å²) >= 11 is 0. The minimum absolute atomic E-state index is 0.672. The molecule has 0 spiro atoms. The molecule has 0 N–H and O–H groups in total. The van der Waals surface area contributed by atoms with E-state index in [1.54, 1.807) is 14.2 Å². The number of sulfone groups is 1. The molecule has 0 heterocycles. The summed E-state index contributed by atoms with van der Waals surface area (Å²) in [5.74, 6) is 1.34. The van der Waals surface area contributed by atoms with Crippen molar-refractivity contribution in [2.75, 3.05) is 14.2 Å². The van der Waals surface area contributed by atoms with Gasteiger partial charge in [0.1, 0.15) is 22.0 Å². The van der Waals surface area contributed by atoms with Crippen molar-refractivity contribution in [2.24, 2.45) is 0 Å². The van der Waals surface area contributed by atoms with Crippen LogP contribution in [-0.4, -0.2) is 22.6 Å². The average molecular weight is 595 g/mol. The van der Waals surface area contributed by atoms with Gasteiger partial charge in [0.25, 0.3) is 0 Å². The quantitative estimate of drug-likeness (QED) is 0.184. The van der Waals surface area contributed by atoms with Crippen molar-refractivity contribution in [3.05, 3.63) is 141 Å². The molecule has 43 heavy (non-hydrogen) atoms. The largest absolute Gasteiger partial charge is 0.497 e. The molecule has 4 rings (SSSR count). The molecule has 0 aliphatic heterocycles. The fraction of sp³-hybridized carbons (Fsp3) is 0.263. The van der Waals surface area contributed by atoms with Gasteiger partial charge in [0.2, 0.25) is 0 Å². The van der Waals surface area contributed by atoms with Crippen LogP contribution >= 0.6 is 0 Å². The first-order chi connectivity index (χ1) is 20.4. The van der Waals surface area contributed by atoms with E-state index in [0.717, 1.165) is 33.4 Å². The predicted octanol–water partition coefficient (Wildman–Crippen LogP) is 9.18. The molecule has 2 unspecified atom stereocenters. The molecule has 0 fully saturated rings. The molecule has 4 aromatic rings. The first-order valence-electron chi connectivity index (χ1n) is 14.5. The molecule has 0 aliphatic carbocycles. The Labute approximate surface area is 257 Å². The molecule has 0 radical (unpaired) electrons. The monoisotopic (exact) mass is 594 g/mol. The van der Waals surface area contributed by atoms with Crippen molar-refractivity contribution in [2.45, 2.75) is 52.0 Å². The van der Waals surface area contributed by atoms with Gasteiger partial charge in [-0.15, -0.1) is 0 Å². The van der Waals surface area contributed by atoms with Crippen LogP contribution in [-0.2, 0) is 9.84 Å². The summed E-state index contributed by atoms with van der Waals surface area (Å²) in [7, 11) is -0.666. The van der Waals surface area contributed by atoms with E-state index in [-0.39, 0.29) is 0 Å². The lowest BCUT2D eigenvalue weighted by atomic mass is 9.98. The molecule has 0 aliphatic rings. The third-order valence-corrected chi connectivity index (χ3v) is 10.2. The third kappa shape index (κ3) is 7.29. The zero-order valence-corrected chi connectivity index (χ0v) is 27.3. The molecule has 224 valence electrons. The Balaban J connectivity index is 1.90. The van der Waals surface area contributed by atoms with Gasteiger partial charge in [-0.25, -0.2) is 8.42 Å². The number of hydrogen-bond acceptors (Lipinski definition) is 4. The normalized spacial score (nSPS) is 13.4. The number of methoxy groups -OCH3 is 2. The van der Waals surface area contributed by atoms with Gasteiger partial charge in [0, 0.05) is 0 Å². The van der Waals surface area contributed by atoms with Gasteiger partial charge >= 0.3 is 0 Å². The average Bonchev–Trinajstić information content (AvgIpc) is 2.96. The van der Waals surface area contributed by atoms with E-state index in [4.69, 9.17) is 9.47 Å². The Morgan fingerprint density at radius 3 is 1.12 bits per heavy atom. The van der Waals surface area contributed by atoms with Crippen molar-refractivity contribution in [3.63, 3.8) is 0 Å². The lowest BCUT2D eigenvalue weighted by molar-refractivity contribution is 0.414. The maximum atomic E-state index is 14.9. The summed E-state index contributed by atoms with van der Waals surface area (Å²) in [5, 5.41) is -1.81. The highest BCUT2D eigenvalue weighted by Crippen LogP contribution is 2.39. The first-order valence-corrected chi connectivity index (χ1v) is 16.1. The smallest absolute Gasteiger partial charge is 0.171 e. The second-order valence-corrected chi connectivity index (χ2v) is 13.5. The van der Waals surface area contributed by atoms with Crippen LogP contribution in [0.5, 0.6) is 11.5 Å². The molecular weight excluding hydrogens is 552 g/mol. The van der Waals surface area contributed by atoms with E-state index in [0.29, 0.717) is 22.6 Å². The zero-order valence-electron chi connectivity index (χ0n) is 26.4. The Bertz CT molecular complexity index is 1570. The summed E-state index contributed by atoms with van der Waals surface area (Å²) in [6.07, 6.45) is 7.57. The van der Waals surface area contributed by atoms with Crippen LogP contribution in [0, 0.1) is 41.5 Å². The van der Waals surface area contributed by atoms with E-state index in [9.17, 15) is 8.42 Å². The Morgan fingerprint density at radius 1 is 0.535 bits per heavy atom. The second-order valence-electron chi connectivity index (χ2n) is 11.3. The van der Waals surface area contributed by atoms with E-state index in [1.807, 2.05) is 72.8 Å². The summed E-state index contributed by atoms with van der Waals surface area (Å²) in [4.78, 5) is 0. The standard InChI is InChI=1S/C38H42O4S/c1-25-21-27(3)35(28(4)22-25)17-19-37(31-9-13-33(41-7)14-10-31)43(39,40)38(32-11-15-34(42-8)16-12-32)20-18-36-29(5)23-26(2)24-30(36)6/h9-24,37-38H,1-8H3/b19-17+,20-18+. The third-order valence-electron chi connectivity index (χ3n) is 7.95. The number of benzene rings is 4. The highest BCUT2D eigenvalue weighted by molar-refractivity contribution is 7.92. The topological polar surface area (TPSA) is 52.6 Å². The number of hydrogen-bond donors (Lipinski definition) is 0. The number of ether oxygens (including phenoxy) is 2. The van der Waals surface area contributed by atoms with Crippen LogP contribution in [0.15, 0.2) is 84.9 Å². The first kappa shape index (κ1) is 31.8. The van der Waals surface area contributed by atoms with Crippen molar-refractivity contribution in [3.8, 4) is 11.5 Å². The van der Waals surface area contributed by atoms with Crippen molar-refractivity contribution < 1.29 is 17.9 Å². The van der Waals surface area contributed by atoms with Gasteiger partial charge in [0.15, 0.2) is 9.84 Å². The highest BCUT2D eigenvalue weighted by Gasteiger charge is 2.34. The van der Waals surface area contributed by atoms with E-state index >= 15 is 0 Å². The molecule has 2 atom stereocenters. The SMILES string of the molecule is COc1ccc(C(/C=C/c2c(C)cc(C)cc2C)S(=O)(=O)C(/C=C/c2c(C)cc(C)cc2C)c2ccc(OC)cc2)cc1. The minimum Gasteiger partial charge on any atom is -0.497 e. The van der Waals surface area contributed by atoms with Crippen molar-refractivity contribution in [1.29, 1.82) is 0 Å². The molecule has 0 bridgehead atoms. The van der Waals surface area contributed by atoms with E-state index < -0.39 is 20.3 Å². The Morgan fingerprint density at radius 2 is 0.837 bits per heavy atom. The minimum atomic E-state index is -3.87. The van der Waals surface area contributed by atoms with Crippen LogP contribution in [0.1, 0.15) is 66.1 Å². The fourth-order valence-electron chi connectivity index (χ4n) is 5.84. The van der Waals surface area contributed by atoms with Crippen molar-refractivity contribution in [1.82, 2.24) is 0 Å². The summed E-state index contributed by atoms with van der Waals surface area (Å²) in [6, 6.07) is 23.1. The summed E-state index contributed by atoms with van der Waals surface area (Å²) in [6.45, 7) is 12.4. The molecule has 0 amide bonds. The van der Waals surface area contributed by atoms with Gasteiger partial charge in [0.05, 0.1) is 14.2 Å². The van der Waals surface area contributed by atoms with Gasteiger partial charge in [-0.05, 0) is 110 Å². The molecular formula is C38H42O4S. The molecule has 0 saturated heterocycles. The van der Waals surface area contributed by atoms with Gasteiger partial charge in [-0.3, -0.25) is 0 Å². The molecule has 4 nitrogen and oxygen atoms in total. The highest BCUT2D eigenvalue weighted by atomic mass is 32.2. The van der Waals surface area contributed by atoms with E-state index in [2.05, 4.69) is 65.8 Å². The lowest BCUT2D eigenvalue weighted by Gasteiger charge is -2.22. The Hall–Kier alpha value is -4.09. The van der Waals surface area contributed by atoms with Crippen LogP contribution in [0.4, 0.5) is 0 Å². The van der Waals surface area contributed by atoms with Crippen LogP contribution in [0.3, 0.4) is 0 Å². The number of rotatable bonds is 10. The maximum Gasteiger partial charge on any atom is 0.171 e. The fourth-order valence-corrected chi connectivity index (χ4v) is 7.83. The van der Waals surface area contributed by atoms with Crippen LogP contribution in [0.2, 0.25) is 0 Å². The maximum absolute atomic E-state index is 14.9. The Kier molecular flexibility index (Phi) is 9.98. The summed E-state index contributed by atoms with van der Waals surface area (Å²) < 4.78 is 40.5. The van der Waals surface area contributed by atoms with Crippen LogP contribution < -0.4 is 9.47 Å². The molecule has 0 aromatic heterocycles. The summed E-state index contributed by atoms with van der Waals surface area (Å²) in [5.41, 5.74) is 10.2. The predicted molar refractivity (Wildman–Crippen MR) is 180 cm³/mol. The van der Waals surface area contributed by atoms with E-state index in [1.165, 1.54) is 11.1 Å². The zero-order chi connectivity index (χ0) is 31.3. The van der Waals surface area contributed by atoms with Gasteiger partial charge in [-0.1, -0.05) is 84.0 Å². The molecule has 5 heteroatoms. The lowest BCUT2D eigenvalue weighted by Crippen LogP contribution is -2.19. The molecule has 4 aromatic carbocycles. The van der Waals surface area contributed by atoms with Crippen LogP contribution in [0.25, 0.3) is 12.2 Å². The van der Waals surface area contributed by atoms with Crippen molar-refractivity contribution >= 4 is 22.0 Å². The second kappa shape index (κ2) is 13.5. The molecule has 0 saturated carbocycles. The number of aryl methyl sites for hydroxylation is 6. The van der Waals surface area contributed by atoms with Gasteiger partial charge < -0.3 is 9.47 Å².